The average molecular weight is 459 g/mol. The van der Waals surface area contributed by atoms with Gasteiger partial charge in [-0.3, -0.25) is 9.59 Å². The Labute approximate surface area is 192 Å². The molecule has 0 aliphatic rings. The lowest BCUT2D eigenvalue weighted by atomic mass is 10.1. The van der Waals surface area contributed by atoms with Crippen molar-refractivity contribution in [1.29, 1.82) is 0 Å². The first-order valence-electron chi connectivity index (χ1n) is 10.5. The van der Waals surface area contributed by atoms with Crippen molar-refractivity contribution in [3.63, 3.8) is 0 Å². The lowest BCUT2D eigenvalue weighted by Crippen LogP contribution is -2.49. The maximum absolute atomic E-state index is 12.7. The molecule has 0 aliphatic carbocycles. The van der Waals surface area contributed by atoms with Crippen molar-refractivity contribution in [3.8, 4) is 11.5 Å². The second-order valence-electron chi connectivity index (χ2n) is 8.41. The number of hydrogen-bond donors (Lipinski definition) is 4. The molecule has 0 unspecified atom stereocenters. The molecule has 0 aromatic heterocycles. The molecule has 2 aromatic carbocycles. The maximum atomic E-state index is 12.7. The number of phenols is 2. The van der Waals surface area contributed by atoms with Gasteiger partial charge in [0.15, 0.2) is 11.5 Å². The number of ether oxygens (including phenoxy) is 2. The number of alkyl carbamates (subject to hydrolysis) is 1. The van der Waals surface area contributed by atoms with Crippen LogP contribution < -0.4 is 10.6 Å². The van der Waals surface area contributed by atoms with E-state index in [-0.39, 0.29) is 31.1 Å². The Morgan fingerprint density at radius 3 is 2.30 bits per heavy atom. The number of rotatable bonds is 9. The molecule has 1 atom stereocenters. The lowest BCUT2D eigenvalue weighted by Gasteiger charge is -2.22. The zero-order valence-corrected chi connectivity index (χ0v) is 19.0. The fourth-order valence-corrected chi connectivity index (χ4v) is 2.84. The third-order valence-electron chi connectivity index (χ3n) is 4.36. The SMILES string of the molecule is CC(C)(C)OC(=O)C[C@H](NC(=O)OCc1ccccc1)C(=O)NCCc1ccc(O)c(O)c1. The van der Waals surface area contributed by atoms with Crippen molar-refractivity contribution in [2.24, 2.45) is 0 Å². The smallest absolute Gasteiger partial charge is 0.408 e. The molecule has 0 spiro atoms. The van der Waals surface area contributed by atoms with Gasteiger partial charge < -0.3 is 30.3 Å². The molecule has 4 N–H and O–H groups in total. The Balaban J connectivity index is 1.95. The quantitative estimate of drug-likeness (QED) is 0.335. The van der Waals surface area contributed by atoms with E-state index in [0.717, 1.165) is 5.56 Å². The van der Waals surface area contributed by atoms with Gasteiger partial charge in [-0.05, 0) is 50.5 Å². The molecule has 2 rings (SSSR count). The molecule has 0 fully saturated rings. The van der Waals surface area contributed by atoms with Crippen LogP contribution in [0.3, 0.4) is 0 Å². The molecule has 0 heterocycles. The molecule has 2 aromatic rings. The zero-order chi connectivity index (χ0) is 24.4. The number of carbonyl (C=O) groups excluding carboxylic acids is 3. The molecule has 0 aliphatic heterocycles. The van der Waals surface area contributed by atoms with Gasteiger partial charge in [-0.1, -0.05) is 36.4 Å². The highest BCUT2D eigenvalue weighted by Crippen LogP contribution is 2.24. The Morgan fingerprint density at radius 1 is 0.970 bits per heavy atom. The molecule has 9 nitrogen and oxygen atoms in total. The Morgan fingerprint density at radius 2 is 1.67 bits per heavy atom. The Hall–Kier alpha value is -3.75. The van der Waals surface area contributed by atoms with Gasteiger partial charge >= 0.3 is 12.1 Å². The molecule has 0 bridgehead atoms. The highest BCUT2D eigenvalue weighted by Gasteiger charge is 2.27. The molecule has 9 heteroatoms. The van der Waals surface area contributed by atoms with Gasteiger partial charge in [-0.15, -0.1) is 0 Å². The summed E-state index contributed by atoms with van der Waals surface area (Å²) >= 11 is 0. The fourth-order valence-electron chi connectivity index (χ4n) is 2.84. The van der Waals surface area contributed by atoms with Crippen molar-refractivity contribution in [3.05, 3.63) is 59.7 Å². The summed E-state index contributed by atoms with van der Waals surface area (Å²) in [6.07, 6.45) is -0.855. The Bertz CT molecular complexity index is 955. The minimum absolute atomic E-state index is 0.0117. The van der Waals surface area contributed by atoms with Gasteiger partial charge in [0.2, 0.25) is 5.91 Å². The number of phenolic OH excluding ortho intramolecular Hbond substituents is 2. The van der Waals surface area contributed by atoms with Gasteiger partial charge in [-0.2, -0.15) is 0 Å². The molecule has 2 amide bonds. The third kappa shape index (κ3) is 9.51. The van der Waals surface area contributed by atoms with E-state index < -0.39 is 29.6 Å². The highest BCUT2D eigenvalue weighted by molar-refractivity contribution is 5.89. The van der Waals surface area contributed by atoms with E-state index in [0.29, 0.717) is 12.0 Å². The largest absolute Gasteiger partial charge is 0.504 e. The number of aromatic hydroxyl groups is 2. The van der Waals surface area contributed by atoms with Gasteiger partial charge in [0.1, 0.15) is 18.2 Å². The minimum Gasteiger partial charge on any atom is -0.504 e. The van der Waals surface area contributed by atoms with Crippen LogP contribution in [0, 0.1) is 0 Å². The number of amides is 2. The molecule has 0 saturated heterocycles. The fraction of sp³-hybridized carbons (Fsp3) is 0.375. The third-order valence-corrected chi connectivity index (χ3v) is 4.36. The van der Waals surface area contributed by atoms with Crippen LogP contribution in [0.25, 0.3) is 0 Å². The predicted molar refractivity (Wildman–Crippen MR) is 120 cm³/mol. The minimum atomic E-state index is -1.20. The number of nitrogens with one attached hydrogen (secondary N) is 2. The molecular formula is C24H30N2O7. The van der Waals surface area contributed by atoms with Crippen LogP contribution in [0.2, 0.25) is 0 Å². The van der Waals surface area contributed by atoms with E-state index in [4.69, 9.17) is 9.47 Å². The summed E-state index contributed by atoms with van der Waals surface area (Å²) in [5, 5.41) is 24.0. The van der Waals surface area contributed by atoms with E-state index in [1.165, 1.54) is 12.1 Å². The highest BCUT2D eigenvalue weighted by atomic mass is 16.6. The maximum Gasteiger partial charge on any atom is 0.408 e. The number of carbonyl (C=O) groups is 3. The lowest BCUT2D eigenvalue weighted by molar-refractivity contribution is -0.156. The second kappa shape index (κ2) is 11.8. The number of esters is 1. The normalized spacial score (nSPS) is 11.8. The van der Waals surface area contributed by atoms with E-state index in [1.54, 1.807) is 39.0 Å². The monoisotopic (exact) mass is 458 g/mol. The van der Waals surface area contributed by atoms with Crippen molar-refractivity contribution in [2.75, 3.05) is 6.54 Å². The van der Waals surface area contributed by atoms with Crippen molar-refractivity contribution < 1.29 is 34.1 Å². The summed E-state index contributed by atoms with van der Waals surface area (Å²) in [6.45, 7) is 5.30. The first-order valence-corrected chi connectivity index (χ1v) is 10.5. The van der Waals surface area contributed by atoms with Gasteiger partial charge in [0, 0.05) is 6.54 Å². The van der Waals surface area contributed by atoms with Crippen LogP contribution >= 0.6 is 0 Å². The summed E-state index contributed by atoms with van der Waals surface area (Å²) < 4.78 is 10.4. The van der Waals surface area contributed by atoms with Crippen LogP contribution in [-0.4, -0.2) is 46.4 Å². The standard InChI is InChI=1S/C24H30N2O7/c1-24(2,3)33-21(29)14-18(26-23(31)32-15-17-7-5-4-6-8-17)22(30)25-12-11-16-9-10-19(27)20(28)13-16/h4-10,13,18,27-28H,11-12,14-15H2,1-3H3,(H,25,30)(H,26,31)/t18-/m0/s1. The van der Waals surface area contributed by atoms with Gasteiger partial charge in [0.05, 0.1) is 6.42 Å². The molecule has 178 valence electrons. The van der Waals surface area contributed by atoms with Crippen LogP contribution in [0.1, 0.15) is 38.3 Å². The van der Waals surface area contributed by atoms with Crippen LogP contribution in [-0.2, 0) is 32.1 Å². The van der Waals surface area contributed by atoms with Crippen molar-refractivity contribution in [2.45, 2.75) is 51.9 Å². The van der Waals surface area contributed by atoms with E-state index in [2.05, 4.69) is 10.6 Å². The first-order chi connectivity index (χ1) is 15.5. The summed E-state index contributed by atoms with van der Waals surface area (Å²) in [4.78, 5) is 37.2. The topological polar surface area (TPSA) is 134 Å². The summed E-state index contributed by atoms with van der Waals surface area (Å²) in [5.41, 5.74) is 0.717. The zero-order valence-electron chi connectivity index (χ0n) is 19.0. The van der Waals surface area contributed by atoms with E-state index >= 15 is 0 Å². The van der Waals surface area contributed by atoms with Crippen molar-refractivity contribution >= 4 is 18.0 Å². The summed E-state index contributed by atoms with van der Waals surface area (Å²) in [5.74, 6) is -1.72. The predicted octanol–water partition coefficient (Wildman–Crippen LogP) is 2.78. The molecule has 33 heavy (non-hydrogen) atoms. The summed E-state index contributed by atoms with van der Waals surface area (Å²) in [7, 11) is 0. The van der Waals surface area contributed by atoms with Crippen LogP contribution in [0.5, 0.6) is 11.5 Å². The molecular weight excluding hydrogens is 428 g/mol. The van der Waals surface area contributed by atoms with Crippen LogP contribution in [0.4, 0.5) is 4.79 Å². The second-order valence-corrected chi connectivity index (χ2v) is 8.41. The molecule has 0 saturated carbocycles. The van der Waals surface area contributed by atoms with Gasteiger partial charge in [0.25, 0.3) is 0 Å². The molecule has 0 radical (unpaired) electrons. The Kier molecular flexibility index (Phi) is 9.08. The first kappa shape index (κ1) is 25.5. The number of hydrogen-bond acceptors (Lipinski definition) is 7. The van der Waals surface area contributed by atoms with E-state index in [9.17, 15) is 24.6 Å². The van der Waals surface area contributed by atoms with Crippen LogP contribution in [0.15, 0.2) is 48.5 Å². The van der Waals surface area contributed by atoms with E-state index in [1.807, 2.05) is 18.2 Å². The average Bonchev–Trinajstić information content (AvgIpc) is 2.73. The van der Waals surface area contributed by atoms with Crippen molar-refractivity contribution in [1.82, 2.24) is 10.6 Å². The summed E-state index contributed by atoms with van der Waals surface area (Å²) in [6, 6.07) is 12.2. The van der Waals surface area contributed by atoms with Gasteiger partial charge in [-0.25, -0.2) is 4.79 Å². The number of benzene rings is 2.